The lowest BCUT2D eigenvalue weighted by molar-refractivity contribution is -0.186. The third-order valence-corrected chi connectivity index (χ3v) is 4.20. The molecule has 1 saturated carbocycles. The fourth-order valence-corrected chi connectivity index (χ4v) is 3.00. The van der Waals surface area contributed by atoms with E-state index in [2.05, 4.69) is 10.1 Å². The van der Waals surface area contributed by atoms with Gasteiger partial charge in [-0.15, -0.1) is 0 Å². The summed E-state index contributed by atoms with van der Waals surface area (Å²) < 4.78 is 40.2. The maximum atomic E-state index is 12.8. The number of rotatable bonds is 4. The predicted octanol–water partition coefficient (Wildman–Crippen LogP) is 2.54. The first-order valence-corrected chi connectivity index (χ1v) is 7.10. The molecule has 0 radical (unpaired) electrons. The van der Waals surface area contributed by atoms with E-state index in [0.29, 0.717) is 19.4 Å². The van der Waals surface area contributed by atoms with Gasteiger partial charge < -0.3 is 5.73 Å². The van der Waals surface area contributed by atoms with Crippen molar-refractivity contribution < 1.29 is 13.2 Å². The summed E-state index contributed by atoms with van der Waals surface area (Å²) in [6.07, 6.45) is -0.393. The summed E-state index contributed by atoms with van der Waals surface area (Å²) in [4.78, 5) is 4.14. The van der Waals surface area contributed by atoms with Gasteiger partial charge in [0, 0.05) is 19.0 Å². The molecule has 1 aromatic heterocycles. The summed E-state index contributed by atoms with van der Waals surface area (Å²) in [7, 11) is 0. The summed E-state index contributed by atoms with van der Waals surface area (Å²) >= 11 is 0. The van der Waals surface area contributed by atoms with Gasteiger partial charge in [-0.2, -0.15) is 18.3 Å². The van der Waals surface area contributed by atoms with Crippen LogP contribution < -0.4 is 5.73 Å². The second-order valence-corrected chi connectivity index (χ2v) is 5.53. The number of aryl methyl sites for hydroxylation is 1. The molecule has 2 rings (SSSR count). The molecule has 0 amide bonds. The molecule has 2 N–H and O–H groups in total. The average molecular weight is 290 g/mol. The number of nitrogens with two attached hydrogens (primary N) is 1. The molecule has 1 heterocycles. The van der Waals surface area contributed by atoms with Crippen LogP contribution in [0.4, 0.5) is 13.2 Å². The molecule has 114 valence electrons. The van der Waals surface area contributed by atoms with Crippen LogP contribution in [0.5, 0.6) is 0 Å². The number of aromatic nitrogens is 3. The fraction of sp³-hybridized carbons (Fsp3) is 0.846. The van der Waals surface area contributed by atoms with Crippen LogP contribution in [0.25, 0.3) is 0 Å². The van der Waals surface area contributed by atoms with E-state index in [-0.39, 0.29) is 24.8 Å². The molecule has 7 heteroatoms. The third-order valence-electron chi connectivity index (χ3n) is 4.20. The smallest absolute Gasteiger partial charge is 0.327 e. The lowest BCUT2D eigenvalue weighted by Crippen LogP contribution is -2.39. The van der Waals surface area contributed by atoms with Crippen molar-refractivity contribution in [1.82, 2.24) is 14.8 Å². The van der Waals surface area contributed by atoms with E-state index in [0.717, 1.165) is 12.2 Å². The van der Waals surface area contributed by atoms with Crippen molar-refractivity contribution in [3.05, 3.63) is 12.2 Å². The van der Waals surface area contributed by atoms with Gasteiger partial charge in [0.2, 0.25) is 0 Å². The summed E-state index contributed by atoms with van der Waals surface area (Å²) in [5, 5.41) is 4.06. The first-order chi connectivity index (χ1) is 9.41. The molecule has 3 atom stereocenters. The van der Waals surface area contributed by atoms with E-state index in [9.17, 15) is 13.2 Å². The van der Waals surface area contributed by atoms with Gasteiger partial charge in [0.25, 0.3) is 0 Å². The highest BCUT2D eigenvalue weighted by Gasteiger charge is 2.43. The van der Waals surface area contributed by atoms with Crippen LogP contribution in [0.2, 0.25) is 0 Å². The summed E-state index contributed by atoms with van der Waals surface area (Å²) in [5.41, 5.74) is 6.12. The van der Waals surface area contributed by atoms with Gasteiger partial charge in [-0.1, -0.05) is 6.42 Å². The zero-order chi connectivity index (χ0) is 14.8. The maximum Gasteiger partial charge on any atom is 0.391 e. The second-order valence-electron chi connectivity index (χ2n) is 5.53. The van der Waals surface area contributed by atoms with Gasteiger partial charge in [-0.3, -0.25) is 4.68 Å². The quantitative estimate of drug-likeness (QED) is 0.927. The van der Waals surface area contributed by atoms with Gasteiger partial charge >= 0.3 is 6.18 Å². The van der Waals surface area contributed by atoms with E-state index in [1.165, 1.54) is 6.33 Å². The van der Waals surface area contributed by atoms with E-state index < -0.39 is 12.1 Å². The SMILES string of the molecule is CCn1ncnc1CC(N)C1CCCC(C(F)(F)F)C1. The topological polar surface area (TPSA) is 56.7 Å². The van der Waals surface area contributed by atoms with Crippen LogP contribution >= 0.6 is 0 Å². The van der Waals surface area contributed by atoms with Crippen LogP contribution in [0.1, 0.15) is 38.4 Å². The highest BCUT2D eigenvalue weighted by molar-refractivity contribution is 4.93. The van der Waals surface area contributed by atoms with Crippen LogP contribution in [-0.2, 0) is 13.0 Å². The van der Waals surface area contributed by atoms with Gasteiger partial charge in [0.15, 0.2) is 0 Å². The highest BCUT2D eigenvalue weighted by atomic mass is 19.4. The number of hydrogen-bond donors (Lipinski definition) is 1. The average Bonchev–Trinajstić information content (AvgIpc) is 2.85. The van der Waals surface area contributed by atoms with E-state index in [4.69, 9.17) is 5.73 Å². The molecule has 1 aliphatic carbocycles. The maximum absolute atomic E-state index is 12.8. The van der Waals surface area contributed by atoms with Gasteiger partial charge in [-0.05, 0) is 32.1 Å². The molecule has 0 aromatic carbocycles. The first-order valence-electron chi connectivity index (χ1n) is 7.10. The van der Waals surface area contributed by atoms with Crippen molar-refractivity contribution >= 4 is 0 Å². The van der Waals surface area contributed by atoms with Crippen LogP contribution in [0, 0.1) is 11.8 Å². The minimum absolute atomic E-state index is 0.0858. The molecule has 0 bridgehead atoms. The minimum Gasteiger partial charge on any atom is -0.327 e. The Balaban J connectivity index is 1.97. The monoisotopic (exact) mass is 290 g/mol. The largest absolute Gasteiger partial charge is 0.391 e. The van der Waals surface area contributed by atoms with Crippen LogP contribution in [0.15, 0.2) is 6.33 Å². The lowest BCUT2D eigenvalue weighted by Gasteiger charge is -2.33. The Hall–Kier alpha value is -1.11. The van der Waals surface area contributed by atoms with Crippen LogP contribution in [-0.4, -0.2) is 27.0 Å². The summed E-state index contributed by atoms with van der Waals surface area (Å²) in [6, 6.07) is -0.283. The molecule has 3 unspecified atom stereocenters. The Morgan fingerprint density at radius 2 is 2.20 bits per heavy atom. The Bertz CT molecular complexity index is 429. The zero-order valence-corrected chi connectivity index (χ0v) is 11.6. The molecule has 1 aromatic rings. The minimum atomic E-state index is -4.10. The molecule has 0 saturated heterocycles. The van der Waals surface area contributed by atoms with Gasteiger partial charge in [0.1, 0.15) is 12.2 Å². The molecule has 4 nitrogen and oxygen atoms in total. The number of hydrogen-bond acceptors (Lipinski definition) is 3. The number of halogens is 3. The van der Waals surface area contributed by atoms with Gasteiger partial charge in [-0.25, -0.2) is 4.98 Å². The molecule has 0 aliphatic heterocycles. The standard InChI is InChI=1S/C13H21F3N4/c1-2-20-12(18-8-19-20)7-11(17)9-4-3-5-10(6-9)13(14,15)16/h8-11H,2-7,17H2,1H3. The molecule has 0 spiro atoms. The van der Waals surface area contributed by atoms with E-state index >= 15 is 0 Å². The zero-order valence-electron chi connectivity index (χ0n) is 11.6. The Labute approximate surface area is 116 Å². The number of nitrogens with zero attached hydrogens (tertiary/aromatic N) is 3. The van der Waals surface area contributed by atoms with Crippen molar-refractivity contribution in [3.63, 3.8) is 0 Å². The predicted molar refractivity (Wildman–Crippen MR) is 68.9 cm³/mol. The Morgan fingerprint density at radius 3 is 2.85 bits per heavy atom. The first kappa shape index (κ1) is 15.3. The van der Waals surface area contributed by atoms with Crippen molar-refractivity contribution in [2.75, 3.05) is 0 Å². The summed E-state index contributed by atoms with van der Waals surface area (Å²) in [5.74, 6) is -0.525. The fourth-order valence-electron chi connectivity index (χ4n) is 3.00. The van der Waals surface area contributed by atoms with E-state index in [1.54, 1.807) is 4.68 Å². The molecule has 1 fully saturated rings. The van der Waals surface area contributed by atoms with Crippen molar-refractivity contribution in [3.8, 4) is 0 Å². The van der Waals surface area contributed by atoms with Crippen LogP contribution in [0.3, 0.4) is 0 Å². The Morgan fingerprint density at radius 1 is 1.45 bits per heavy atom. The van der Waals surface area contributed by atoms with Gasteiger partial charge in [0.05, 0.1) is 5.92 Å². The Kier molecular flexibility index (Phi) is 4.67. The third kappa shape index (κ3) is 3.50. The van der Waals surface area contributed by atoms with Crippen molar-refractivity contribution in [2.45, 2.75) is 57.8 Å². The normalized spacial score (nSPS) is 25.6. The molecular weight excluding hydrogens is 269 g/mol. The van der Waals surface area contributed by atoms with E-state index in [1.807, 2.05) is 6.92 Å². The number of alkyl halides is 3. The lowest BCUT2D eigenvalue weighted by atomic mass is 9.77. The second kappa shape index (κ2) is 6.11. The van der Waals surface area contributed by atoms with Crippen molar-refractivity contribution in [2.24, 2.45) is 17.6 Å². The molecule has 20 heavy (non-hydrogen) atoms. The molecular formula is C13H21F3N4. The molecule has 1 aliphatic rings. The summed E-state index contributed by atoms with van der Waals surface area (Å²) in [6.45, 7) is 2.64. The van der Waals surface area contributed by atoms with Crippen molar-refractivity contribution in [1.29, 1.82) is 0 Å². The highest BCUT2D eigenvalue weighted by Crippen LogP contribution is 2.40.